The van der Waals surface area contributed by atoms with Crippen molar-refractivity contribution in [1.29, 1.82) is 0 Å². The molecule has 1 unspecified atom stereocenters. The molecule has 29 heavy (non-hydrogen) atoms. The van der Waals surface area contributed by atoms with Gasteiger partial charge in [-0.25, -0.2) is 0 Å². The van der Waals surface area contributed by atoms with Crippen molar-refractivity contribution >= 4 is 29.0 Å². The van der Waals surface area contributed by atoms with Crippen molar-refractivity contribution in [1.82, 2.24) is 5.32 Å². The minimum atomic E-state index is -0.155. The molecule has 4 nitrogen and oxygen atoms in total. The molecule has 0 saturated carbocycles. The Morgan fingerprint density at radius 1 is 1.41 bits per heavy atom. The molecule has 6 heteroatoms. The van der Waals surface area contributed by atoms with Crippen LogP contribution in [-0.2, 0) is 9.53 Å². The Bertz CT molecular complexity index is 776. The fourth-order valence-corrected chi connectivity index (χ4v) is 4.56. The van der Waals surface area contributed by atoms with Crippen LogP contribution in [0, 0.1) is 11.3 Å². The third-order valence-corrected chi connectivity index (χ3v) is 5.82. The van der Waals surface area contributed by atoms with E-state index in [9.17, 15) is 4.79 Å². The first-order valence-corrected chi connectivity index (χ1v) is 10.9. The SMILES string of the molecule is C=C/C(Cl)=C(\C(Cl)=C/CC)C1C=C(COCCN)NC2=C(C1)C(=O)CC(C)(C)C2. The maximum Gasteiger partial charge on any atom is 0.161 e. The molecule has 3 N–H and O–H groups in total. The van der Waals surface area contributed by atoms with Crippen LogP contribution in [0.4, 0.5) is 0 Å². The highest BCUT2D eigenvalue weighted by atomic mass is 35.5. The van der Waals surface area contributed by atoms with Gasteiger partial charge in [0.2, 0.25) is 0 Å². The lowest BCUT2D eigenvalue weighted by Crippen LogP contribution is -2.31. The number of Topliss-reactive ketones (excluding diaryl/α,β-unsaturated/α-hetero) is 1. The number of ketones is 1. The van der Waals surface area contributed by atoms with E-state index in [0.717, 1.165) is 35.4 Å². The van der Waals surface area contributed by atoms with E-state index in [0.29, 0.717) is 42.7 Å². The molecule has 160 valence electrons. The maximum absolute atomic E-state index is 13.0. The maximum atomic E-state index is 13.0. The lowest BCUT2D eigenvalue weighted by atomic mass is 9.74. The summed E-state index contributed by atoms with van der Waals surface area (Å²) in [6, 6.07) is 0. The summed E-state index contributed by atoms with van der Waals surface area (Å²) in [7, 11) is 0. The highest BCUT2D eigenvalue weighted by Gasteiger charge is 2.36. The van der Waals surface area contributed by atoms with E-state index in [2.05, 4.69) is 31.8 Å². The standard InChI is InChI=1S/C23H32Cl2N2O2/c1-5-7-19(25)22(18(24)6-2)15-10-16(14-29-9-8-26)27-20-12-23(3,4)13-21(28)17(20)11-15/h6-7,10,15,27H,2,5,8-9,11-14,26H2,1,3-4H3/b19-7+,22-18+. The molecule has 1 heterocycles. The molecular formula is C23H32Cl2N2O2. The Kier molecular flexibility index (Phi) is 8.77. The molecule has 0 aromatic carbocycles. The van der Waals surface area contributed by atoms with Crippen molar-refractivity contribution in [3.8, 4) is 0 Å². The highest BCUT2D eigenvalue weighted by Crippen LogP contribution is 2.42. The molecule has 0 bridgehead atoms. The summed E-state index contributed by atoms with van der Waals surface area (Å²) in [5.41, 5.74) is 8.96. The lowest BCUT2D eigenvalue weighted by molar-refractivity contribution is -0.118. The van der Waals surface area contributed by atoms with Crippen LogP contribution in [0.2, 0.25) is 0 Å². The molecular weight excluding hydrogens is 407 g/mol. The first kappa shape index (κ1) is 23.9. The van der Waals surface area contributed by atoms with Gasteiger partial charge in [-0.15, -0.1) is 0 Å². The van der Waals surface area contributed by atoms with Crippen molar-refractivity contribution in [3.63, 3.8) is 0 Å². The average Bonchev–Trinajstić information content (AvgIpc) is 2.80. The zero-order valence-corrected chi connectivity index (χ0v) is 19.1. The van der Waals surface area contributed by atoms with E-state index in [1.165, 1.54) is 0 Å². The predicted octanol–water partition coefficient (Wildman–Crippen LogP) is 5.31. The molecule has 0 aromatic heterocycles. The zero-order valence-electron chi connectivity index (χ0n) is 17.6. The molecule has 0 spiro atoms. The van der Waals surface area contributed by atoms with E-state index >= 15 is 0 Å². The summed E-state index contributed by atoms with van der Waals surface area (Å²) in [6.07, 6.45) is 8.27. The minimum Gasteiger partial charge on any atom is -0.374 e. The molecule has 0 amide bonds. The quantitative estimate of drug-likeness (QED) is 0.397. The Morgan fingerprint density at radius 2 is 2.14 bits per heavy atom. The summed E-state index contributed by atoms with van der Waals surface area (Å²) in [5.74, 6) is 0.0217. The summed E-state index contributed by atoms with van der Waals surface area (Å²) in [6.45, 7) is 11.4. The van der Waals surface area contributed by atoms with Crippen LogP contribution in [-0.4, -0.2) is 25.5 Å². The second-order valence-electron chi connectivity index (χ2n) is 8.29. The van der Waals surface area contributed by atoms with Gasteiger partial charge in [-0.3, -0.25) is 4.79 Å². The number of rotatable bonds is 8. The summed E-state index contributed by atoms with van der Waals surface area (Å²) in [5, 5.41) is 4.56. The minimum absolute atomic E-state index is 0.0802. The first-order chi connectivity index (χ1) is 13.7. The molecule has 2 rings (SSSR count). The molecule has 1 atom stereocenters. The van der Waals surface area contributed by atoms with Crippen LogP contribution in [0.3, 0.4) is 0 Å². The monoisotopic (exact) mass is 438 g/mol. The summed E-state index contributed by atoms with van der Waals surface area (Å²) in [4.78, 5) is 13.0. The highest BCUT2D eigenvalue weighted by molar-refractivity contribution is 6.36. The van der Waals surface area contributed by atoms with Crippen LogP contribution < -0.4 is 11.1 Å². The van der Waals surface area contributed by atoms with Gasteiger partial charge in [0.1, 0.15) is 0 Å². The molecule has 1 aliphatic carbocycles. The first-order valence-electron chi connectivity index (χ1n) is 10.1. The van der Waals surface area contributed by atoms with Gasteiger partial charge in [0, 0.05) is 45.9 Å². The molecule has 0 saturated heterocycles. The largest absolute Gasteiger partial charge is 0.374 e. The topological polar surface area (TPSA) is 64.3 Å². The third-order valence-electron chi connectivity index (χ3n) is 5.10. The second kappa shape index (κ2) is 10.6. The van der Waals surface area contributed by atoms with Crippen molar-refractivity contribution < 1.29 is 9.53 Å². The van der Waals surface area contributed by atoms with Gasteiger partial charge in [-0.05, 0) is 30.3 Å². The van der Waals surface area contributed by atoms with Crippen LogP contribution in [0.5, 0.6) is 0 Å². The lowest BCUT2D eigenvalue weighted by Gasteiger charge is -2.32. The summed E-state index contributed by atoms with van der Waals surface area (Å²) >= 11 is 13.1. The molecule has 0 radical (unpaired) electrons. The van der Waals surface area contributed by atoms with E-state index in [4.69, 9.17) is 33.7 Å². The number of hydrogen-bond donors (Lipinski definition) is 2. The second-order valence-corrected chi connectivity index (χ2v) is 9.11. The Balaban J connectivity index is 2.53. The number of hydrogen-bond acceptors (Lipinski definition) is 4. The van der Waals surface area contributed by atoms with Gasteiger partial charge in [0.25, 0.3) is 0 Å². The van der Waals surface area contributed by atoms with Crippen molar-refractivity contribution in [2.75, 3.05) is 19.8 Å². The number of allylic oxidation sites excluding steroid dienone is 8. The third kappa shape index (κ3) is 6.32. The predicted molar refractivity (Wildman–Crippen MR) is 122 cm³/mol. The van der Waals surface area contributed by atoms with Crippen molar-refractivity contribution in [3.05, 3.63) is 57.4 Å². The van der Waals surface area contributed by atoms with E-state index in [-0.39, 0.29) is 17.1 Å². The molecule has 1 aliphatic heterocycles. The fourth-order valence-electron chi connectivity index (χ4n) is 3.87. The number of ether oxygens (including phenoxy) is 1. The van der Waals surface area contributed by atoms with Gasteiger partial charge in [-0.1, -0.05) is 68.8 Å². The van der Waals surface area contributed by atoms with Crippen molar-refractivity contribution in [2.45, 2.75) is 46.5 Å². The average molecular weight is 439 g/mol. The van der Waals surface area contributed by atoms with E-state index in [1.54, 1.807) is 6.08 Å². The number of nitrogens with two attached hydrogens (primary N) is 1. The number of halogens is 2. The Hall–Kier alpha value is -1.33. The molecule has 2 aliphatic rings. The molecule has 0 fully saturated rings. The van der Waals surface area contributed by atoms with Gasteiger partial charge < -0.3 is 15.8 Å². The molecule has 0 aromatic rings. The van der Waals surface area contributed by atoms with Crippen LogP contribution in [0.25, 0.3) is 0 Å². The van der Waals surface area contributed by atoms with Gasteiger partial charge >= 0.3 is 0 Å². The van der Waals surface area contributed by atoms with Gasteiger partial charge in [0.15, 0.2) is 5.78 Å². The Morgan fingerprint density at radius 3 is 2.76 bits per heavy atom. The summed E-state index contributed by atoms with van der Waals surface area (Å²) < 4.78 is 5.68. The van der Waals surface area contributed by atoms with E-state index < -0.39 is 0 Å². The van der Waals surface area contributed by atoms with Gasteiger partial charge in [-0.2, -0.15) is 0 Å². The number of nitrogens with one attached hydrogen (secondary N) is 1. The van der Waals surface area contributed by atoms with Crippen LogP contribution in [0.15, 0.2) is 57.4 Å². The number of carbonyl (C=O) groups excluding carboxylic acids is 1. The van der Waals surface area contributed by atoms with Crippen LogP contribution >= 0.6 is 23.2 Å². The Labute approximate surface area is 184 Å². The number of carbonyl (C=O) groups is 1. The zero-order chi connectivity index (χ0) is 21.6. The van der Waals surface area contributed by atoms with Crippen molar-refractivity contribution in [2.24, 2.45) is 17.1 Å². The van der Waals surface area contributed by atoms with Gasteiger partial charge in [0.05, 0.1) is 13.2 Å². The van der Waals surface area contributed by atoms with Crippen LogP contribution in [0.1, 0.15) is 46.5 Å². The fraction of sp³-hybridized carbons (Fsp3) is 0.522. The van der Waals surface area contributed by atoms with E-state index in [1.807, 2.05) is 13.0 Å². The smallest absolute Gasteiger partial charge is 0.161 e. The normalized spacial score (nSPS) is 23.0.